The van der Waals surface area contributed by atoms with Crippen molar-refractivity contribution in [3.05, 3.63) is 71.3 Å². The first-order valence-corrected chi connectivity index (χ1v) is 11.7. The molecule has 1 aromatic heterocycles. The summed E-state index contributed by atoms with van der Waals surface area (Å²) < 4.78 is 0. The van der Waals surface area contributed by atoms with E-state index in [0.29, 0.717) is 0 Å². The lowest BCUT2D eigenvalue weighted by atomic mass is 10.1. The number of aromatic nitrogens is 1. The molecule has 0 radical (unpaired) electrons. The minimum atomic E-state index is 0.0629. The average Bonchev–Trinajstić information content (AvgIpc) is 2.83. The molecule has 0 atom stereocenters. The number of piperidine rings is 1. The topological polar surface area (TPSA) is 48.5 Å². The molecule has 2 aromatic carbocycles. The van der Waals surface area contributed by atoms with E-state index >= 15 is 0 Å². The maximum atomic E-state index is 12.5. The van der Waals surface area contributed by atoms with Crippen molar-refractivity contribution in [1.82, 2.24) is 15.2 Å². The zero-order valence-corrected chi connectivity index (χ0v) is 19.5. The number of pyridine rings is 1. The number of nitrogens with one attached hydrogen (secondary N) is 1. The van der Waals surface area contributed by atoms with Crippen LogP contribution in [0.1, 0.15) is 54.6 Å². The lowest BCUT2D eigenvalue weighted by Crippen LogP contribution is -2.32. The van der Waals surface area contributed by atoms with E-state index in [0.717, 1.165) is 43.1 Å². The Morgan fingerprint density at radius 2 is 1.75 bits per heavy atom. The number of nitrogens with zero attached hydrogens (tertiary/aromatic N) is 3. The molecule has 1 aliphatic heterocycles. The van der Waals surface area contributed by atoms with Crippen LogP contribution in [0.25, 0.3) is 10.9 Å². The highest BCUT2D eigenvalue weighted by Gasteiger charge is 2.17. The summed E-state index contributed by atoms with van der Waals surface area (Å²) in [5.41, 5.74) is 4.21. The van der Waals surface area contributed by atoms with Gasteiger partial charge >= 0.3 is 0 Å². The van der Waals surface area contributed by atoms with Crippen LogP contribution in [0.5, 0.6) is 0 Å². The predicted octanol–water partition coefficient (Wildman–Crippen LogP) is 5.00. The Hall–Kier alpha value is -2.92. The number of fused-ring (bicyclic) bond motifs is 1. The van der Waals surface area contributed by atoms with Gasteiger partial charge in [-0.1, -0.05) is 30.3 Å². The summed E-state index contributed by atoms with van der Waals surface area (Å²) in [5.74, 6) is 1.18. The largest absolute Gasteiger partial charge is 0.356 e. The number of amides is 1. The van der Waals surface area contributed by atoms with Crippen LogP contribution in [0, 0.1) is 0 Å². The quantitative estimate of drug-likeness (QED) is 0.573. The molecule has 1 fully saturated rings. The third kappa shape index (κ3) is 5.10. The first-order chi connectivity index (χ1) is 15.5. The van der Waals surface area contributed by atoms with E-state index in [1.807, 2.05) is 45.2 Å². The van der Waals surface area contributed by atoms with E-state index in [1.54, 1.807) is 4.90 Å². The Bertz CT molecular complexity index is 1050. The summed E-state index contributed by atoms with van der Waals surface area (Å²) in [6, 6.07) is 18.8. The maximum Gasteiger partial charge on any atom is 0.253 e. The molecule has 0 bridgehead atoms. The molecule has 1 amide bonds. The molecule has 0 saturated carbocycles. The number of carbonyl (C=O) groups is 1. The van der Waals surface area contributed by atoms with Gasteiger partial charge in [0.25, 0.3) is 5.91 Å². The molecule has 4 rings (SSSR count). The summed E-state index contributed by atoms with van der Waals surface area (Å²) in [6.45, 7) is 7.73. The third-order valence-electron chi connectivity index (χ3n) is 6.38. The highest BCUT2D eigenvalue weighted by Crippen LogP contribution is 2.26. The van der Waals surface area contributed by atoms with E-state index < -0.39 is 0 Å². The van der Waals surface area contributed by atoms with Gasteiger partial charge in [-0.2, -0.15) is 0 Å². The second kappa shape index (κ2) is 10.1. The number of benzene rings is 2. The molecule has 32 heavy (non-hydrogen) atoms. The average molecular weight is 431 g/mol. The van der Waals surface area contributed by atoms with Crippen LogP contribution in [0.3, 0.4) is 0 Å². The fourth-order valence-electron chi connectivity index (χ4n) is 4.20. The summed E-state index contributed by atoms with van der Waals surface area (Å²) in [5, 5.41) is 4.77. The van der Waals surface area contributed by atoms with Crippen LogP contribution in [0.15, 0.2) is 54.6 Å². The molecule has 5 nitrogen and oxygen atoms in total. The van der Waals surface area contributed by atoms with Crippen molar-refractivity contribution < 1.29 is 4.79 Å². The lowest BCUT2D eigenvalue weighted by Gasteiger charge is -2.30. The molecule has 0 unspecified atom stereocenters. The molecule has 0 spiro atoms. The van der Waals surface area contributed by atoms with E-state index in [9.17, 15) is 4.79 Å². The molecular formula is C27H34N4O. The summed E-state index contributed by atoms with van der Waals surface area (Å²) >= 11 is 0. The lowest BCUT2D eigenvalue weighted by molar-refractivity contribution is 0.0755. The minimum absolute atomic E-state index is 0.0629. The van der Waals surface area contributed by atoms with Crippen LogP contribution in [-0.2, 0) is 13.1 Å². The minimum Gasteiger partial charge on any atom is -0.356 e. The summed E-state index contributed by atoms with van der Waals surface area (Å²) in [7, 11) is 1.85. The van der Waals surface area contributed by atoms with Crippen molar-refractivity contribution in [1.29, 1.82) is 0 Å². The standard InChI is InChI=1S/C27H34N4O/c1-20(2)30(3)27(32)22-13-11-21(12-14-22)18-28-19-24-17-23-9-5-6-10-25(23)29-26(24)31-15-7-4-8-16-31/h5-6,9-14,17,20,28H,4,7-8,15-16,18-19H2,1-3H3. The van der Waals surface area contributed by atoms with E-state index in [4.69, 9.17) is 4.98 Å². The van der Waals surface area contributed by atoms with Crippen LogP contribution < -0.4 is 10.2 Å². The Labute approximate surface area is 191 Å². The number of hydrogen-bond donors (Lipinski definition) is 1. The van der Waals surface area contributed by atoms with Gasteiger partial charge in [-0.25, -0.2) is 4.98 Å². The normalized spacial score (nSPS) is 14.2. The number of hydrogen-bond acceptors (Lipinski definition) is 4. The van der Waals surface area contributed by atoms with Crippen molar-refractivity contribution in [3.63, 3.8) is 0 Å². The molecule has 1 saturated heterocycles. The van der Waals surface area contributed by atoms with Crippen molar-refractivity contribution in [2.75, 3.05) is 25.0 Å². The van der Waals surface area contributed by atoms with Gasteiger partial charge in [0.15, 0.2) is 0 Å². The Balaban J connectivity index is 1.45. The number of para-hydroxylation sites is 1. The highest BCUT2D eigenvalue weighted by atomic mass is 16.2. The monoisotopic (exact) mass is 430 g/mol. The van der Waals surface area contributed by atoms with Gasteiger partial charge in [0.05, 0.1) is 5.52 Å². The molecule has 0 aliphatic carbocycles. The Kier molecular flexibility index (Phi) is 7.05. The fourth-order valence-corrected chi connectivity index (χ4v) is 4.20. The molecule has 5 heteroatoms. The van der Waals surface area contributed by atoms with Gasteiger partial charge in [-0.3, -0.25) is 4.79 Å². The predicted molar refractivity (Wildman–Crippen MR) is 132 cm³/mol. The number of carbonyl (C=O) groups excluding carboxylic acids is 1. The second-order valence-electron chi connectivity index (χ2n) is 9.02. The van der Waals surface area contributed by atoms with Crippen molar-refractivity contribution >= 4 is 22.6 Å². The molecular weight excluding hydrogens is 396 g/mol. The maximum absolute atomic E-state index is 12.5. The van der Waals surface area contributed by atoms with Gasteiger partial charge in [0.2, 0.25) is 0 Å². The zero-order chi connectivity index (χ0) is 22.5. The van der Waals surface area contributed by atoms with E-state index in [-0.39, 0.29) is 11.9 Å². The van der Waals surface area contributed by atoms with Gasteiger partial charge in [-0.15, -0.1) is 0 Å². The molecule has 1 N–H and O–H groups in total. The van der Waals surface area contributed by atoms with E-state index in [1.165, 1.54) is 35.8 Å². The van der Waals surface area contributed by atoms with Crippen molar-refractivity contribution in [3.8, 4) is 0 Å². The van der Waals surface area contributed by atoms with Crippen LogP contribution in [0.4, 0.5) is 5.82 Å². The van der Waals surface area contributed by atoms with Crippen LogP contribution in [0.2, 0.25) is 0 Å². The second-order valence-corrected chi connectivity index (χ2v) is 9.02. The van der Waals surface area contributed by atoms with Crippen LogP contribution in [-0.4, -0.2) is 42.0 Å². The first kappa shape index (κ1) is 22.3. The Morgan fingerprint density at radius 3 is 2.47 bits per heavy atom. The first-order valence-electron chi connectivity index (χ1n) is 11.7. The smallest absolute Gasteiger partial charge is 0.253 e. The third-order valence-corrected chi connectivity index (χ3v) is 6.38. The SMILES string of the molecule is CC(C)N(C)C(=O)c1ccc(CNCc2cc3ccccc3nc2N2CCCCC2)cc1. The fraction of sp³-hybridized carbons (Fsp3) is 0.407. The van der Waals surface area contributed by atoms with Crippen molar-refractivity contribution in [2.24, 2.45) is 0 Å². The van der Waals surface area contributed by atoms with Gasteiger partial charge in [0, 0.05) is 55.8 Å². The molecule has 1 aliphatic rings. The number of rotatable bonds is 7. The van der Waals surface area contributed by atoms with Gasteiger partial charge < -0.3 is 15.1 Å². The van der Waals surface area contributed by atoms with Gasteiger partial charge in [-0.05, 0) is 62.9 Å². The van der Waals surface area contributed by atoms with Gasteiger partial charge in [0.1, 0.15) is 5.82 Å². The molecule has 2 heterocycles. The summed E-state index contributed by atoms with van der Waals surface area (Å²) in [6.07, 6.45) is 3.78. The van der Waals surface area contributed by atoms with Crippen molar-refractivity contribution in [2.45, 2.75) is 52.2 Å². The zero-order valence-electron chi connectivity index (χ0n) is 19.5. The Morgan fingerprint density at radius 1 is 1.03 bits per heavy atom. The van der Waals surface area contributed by atoms with Crippen LogP contribution >= 0.6 is 0 Å². The molecule has 168 valence electrons. The van der Waals surface area contributed by atoms with E-state index in [2.05, 4.69) is 40.5 Å². The molecule has 3 aromatic rings. The summed E-state index contributed by atoms with van der Waals surface area (Å²) in [4.78, 5) is 21.7. The highest BCUT2D eigenvalue weighted by molar-refractivity contribution is 5.94. The number of anilines is 1.